The first-order valence-electron chi connectivity index (χ1n) is 4.30. The number of halogens is 3. The molecule has 1 aromatic rings. The van der Waals surface area contributed by atoms with Crippen molar-refractivity contribution in [3.63, 3.8) is 0 Å². The zero-order valence-electron chi connectivity index (χ0n) is 8.38. The fourth-order valence-electron chi connectivity index (χ4n) is 1.14. The maximum atomic E-state index is 12.0. The van der Waals surface area contributed by atoms with Crippen LogP contribution in [0, 0.1) is 0 Å². The highest BCUT2D eigenvalue weighted by Gasteiger charge is 2.11. The molecule has 0 aliphatic heterocycles. The molecular formula is C10H9BrF2O3. The smallest absolute Gasteiger partial charge is 0.387 e. The van der Waals surface area contributed by atoms with Gasteiger partial charge in [0.1, 0.15) is 5.75 Å². The van der Waals surface area contributed by atoms with Crippen LogP contribution in [-0.2, 0) is 10.1 Å². The highest BCUT2D eigenvalue weighted by atomic mass is 79.9. The SMILES string of the molecule is COC(=O)c1cc(CBr)cc(OC(F)F)c1. The molecule has 3 nitrogen and oxygen atoms in total. The van der Waals surface area contributed by atoms with Crippen molar-refractivity contribution in [2.45, 2.75) is 11.9 Å². The maximum absolute atomic E-state index is 12.0. The molecule has 0 spiro atoms. The van der Waals surface area contributed by atoms with Crippen LogP contribution in [0.4, 0.5) is 8.78 Å². The van der Waals surface area contributed by atoms with E-state index in [-0.39, 0.29) is 11.3 Å². The molecule has 1 rings (SSSR count). The lowest BCUT2D eigenvalue weighted by molar-refractivity contribution is -0.0499. The van der Waals surface area contributed by atoms with Crippen LogP contribution in [0.1, 0.15) is 15.9 Å². The van der Waals surface area contributed by atoms with Gasteiger partial charge in [0.15, 0.2) is 0 Å². The monoisotopic (exact) mass is 294 g/mol. The standard InChI is InChI=1S/C10H9BrF2O3/c1-15-9(14)7-2-6(5-11)3-8(4-7)16-10(12)13/h2-4,10H,5H2,1H3. The van der Waals surface area contributed by atoms with Crippen molar-refractivity contribution in [2.24, 2.45) is 0 Å². The largest absolute Gasteiger partial charge is 0.465 e. The van der Waals surface area contributed by atoms with Crippen molar-refractivity contribution in [3.8, 4) is 5.75 Å². The van der Waals surface area contributed by atoms with E-state index in [1.54, 1.807) is 6.07 Å². The highest BCUT2D eigenvalue weighted by molar-refractivity contribution is 9.08. The third kappa shape index (κ3) is 3.44. The van der Waals surface area contributed by atoms with E-state index in [4.69, 9.17) is 0 Å². The minimum Gasteiger partial charge on any atom is -0.465 e. The minimum atomic E-state index is -2.92. The summed E-state index contributed by atoms with van der Waals surface area (Å²) in [6.07, 6.45) is 0. The summed E-state index contributed by atoms with van der Waals surface area (Å²) in [5, 5.41) is 0.428. The van der Waals surface area contributed by atoms with E-state index in [0.717, 1.165) is 0 Å². The average molecular weight is 295 g/mol. The number of methoxy groups -OCH3 is 1. The Labute approximate surface area is 99.5 Å². The molecule has 0 bridgehead atoms. The van der Waals surface area contributed by atoms with Crippen LogP contribution in [0.15, 0.2) is 18.2 Å². The van der Waals surface area contributed by atoms with Crippen molar-refractivity contribution >= 4 is 21.9 Å². The Morgan fingerprint density at radius 3 is 2.62 bits per heavy atom. The van der Waals surface area contributed by atoms with Gasteiger partial charge in [-0.1, -0.05) is 15.9 Å². The van der Waals surface area contributed by atoms with Gasteiger partial charge in [-0.3, -0.25) is 0 Å². The molecule has 0 saturated heterocycles. The summed E-state index contributed by atoms with van der Waals surface area (Å²) in [4.78, 5) is 11.2. The summed E-state index contributed by atoms with van der Waals surface area (Å²) in [5.74, 6) is -0.658. The number of benzene rings is 1. The molecule has 6 heteroatoms. The van der Waals surface area contributed by atoms with Crippen LogP contribution >= 0.6 is 15.9 Å². The second kappa shape index (κ2) is 5.79. The molecule has 88 valence electrons. The van der Waals surface area contributed by atoms with Gasteiger partial charge in [0, 0.05) is 5.33 Å². The van der Waals surface area contributed by atoms with Gasteiger partial charge in [-0.25, -0.2) is 4.79 Å². The van der Waals surface area contributed by atoms with Crippen molar-refractivity contribution in [3.05, 3.63) is 29.3 Å². The third-order valence-corrected chi connectivity index (χ3v) is 2.41. The van der Waals surface area contributed by atoms with Gasteiger partial charge >= 0.3 is 12.6 Å². The first-order chi connectivity index (χ1) is 7.56. The van der Waals surface area contributed by atoms with Crippen LogP contribution in [-0.4, -0.2) is 19.7 Å². The van der Waals surface area contributed by atoms with Gasteiger partial charge in [0.2, 0.25) is 0 Å². The van der Waals surface area contributed by atoms with Crippen LogP contribution in [0.2, 0.25) is 0 Å². The first-order valence-corrected chi connectivity index (χ1v) is 5.42. The number of carbonyl (C=O) groups is 1. The fraction of sp³-hybridized carbons (Fsp3) is 0.300. The number of hydrogen-bond donors (Lipinski definition) is 0. The van der Waals surface area contributed by atoms with Crippen molar-refractivity contribution in [1.29, 1.82) is 0 Å². The Morgan fingerprint density at radius 2 is 2.12 bits per heavy atom. The van der Waals surface area contributed by atoms with Gasteiger partial charge in [-0.05, 0) is 23.8 Å². The van der Waals surface area contributed by atoms with E-state index in [2.05, 4.69) is 25.4 Å². The van der Waals surface area contributed by atoms with Gasteiger partial charge in [-0.15, -0.1) is 0 Å². The Hall–Kier alpha value is -1.17. The fourth-order valence-corrected chi connectivity index (χ4v) is 1.47. The molecule has 0 radical (unpaired) electrons. The zero-order chi connectivity index (χ0) is 12.1. The van der Waals surface area contributed by atoms with E-state index >= 15 is 0 Å². The van der Waals surface area contributed by atoms with E-state index < -0.39 is 12.6 Å². The summed E-state index contributed by atoms with van der Waals surface area (Å²) in [6.45, 7) is -2.92. The number of rotatable bonds is 4. The van der Waals surface area contributed by atoms with Gasteiger partial charge in [0.05, 0.1) is 12.7 Å². The molecular weight excluding hydrogens is 286 g/mol. The third-order valence-electron chi connectivity index (χ3n) is 1.77. The normalized spacial score (nSPS) is 10.3. The Morgan fingerprint density at radius 1 is 1.44 bits per heavy atom. The predicted octanol–water partition coefficient (Wildman–Crippen LogP) is 2.97. The van der Waals surface area contributed by atoms with E-state index in [9.17, 15) is 13.6 Å². The number of hydrogen-bond acceptors (Lipinski definition) is 3. The Kier molecular flexibility index (Phi) is 4.67. The summed E-state index contributed by atoms with van der Waals surface area (Å²) in [5.41, 5.74) is 0.827. The summed E-state index contributed by atoms with van der Waals surface area (Å²) >= 11 is 3.17. The van der Waals surface area contributed by atoms with Gasteiger partial charge in [0.25, 0.3) is 0 Å². The van der Waals surface area contributed by atoms with Gasteiger partial charge < -0.3 is 9.47 Å². The molecule has 0 heterocycles. The number of esters is 1. The van der Waals surface area contributed by atoms with Gasteiger partial charge in [-0.2, -0.15) is 8.78 Å². The van der Waals surface area contributed by atoms with E-state index in [0.29, 0.717) is 10.9 Å². The molecule has 0 saturated carbocycles. The van der Waals surface area contributed by atoms with Crippen molar-refractivity contribution < 1.29 is 23.0 Å². The van der Waals surface area contributed by atoms with Crippen molar-refractivity contribution in [1.82, 2.24) is 0 Å². The zero-order valence-corrected chi connectivity index (χ0v) is 9.96. The molecule has 0 unspecified atom stereocenters. The lowest BCUT2D eigenvalue weighted by atomic mass is 10.1. The van der Waals surface area contributed by atoms with E-state index in [1.807, 2.05) is 0 Å². The summed E-state index contributed by atoms with van der Waals surface area (Å²) < 4.78 is 32.8. The average Bonchev–Trinajstić information content (AvgIpc) is 2.26. The second-order valence-corrected chi connectivity index (χ2v) is 3.43. The van der Waals surface area contributed by atoms with Crippen LogP contribution in [0.25, 0.3) is 0 Å². The predicted molar refractivity (Wildman–Crippen MR) is 57.0 cm³/mol. The topological polar surface area (TPSA) is 35.5 Å². The lowest BCUT2D eigenvalue weighted by Gasteiger charge is -2.08. The second-order valence-electron chi connectivity index (χ2n) is 2.87. The molecule has 1 aromatic carbocycles. The molecule has 0 atom stereocenters. The quantitative estimate of drug-likeness (QED) is 0.633. The molecule has 0 N–H and O–H groups in total. The molecule has 0 aromatic heterocycles. The molecule has 0 aliphatic carbocycles. The van der Waals surface area contributed by atoms with Crippen molar-refractivity contribution in [2.75, 3.05) is 7.11 Å². The number of alkyl halides is 3. The molecule has 0 amide bonds. The number of ether oxygens (including phenoxy) is 2. The summed E-state index contributed by atoms with van der Waals surface area (Å²) in [7, 11) is 1.22. The van der Waals surface area contributed by atoms with Crippen LogP contribution in [0.5, 0.6) is 5.75 Å². The highest BCUT2D eigenvalue weighted by Crippen LogP contribution is 2.21. The first kappa shape index (κ1) is 12.9. The Balaban J connectivity index is 3.05. The summed E-state index contributed by atoms with van der Waals surface area (Å²) in [6, 6.07) is 4.18. The maximum Gasteiger partial charge on any atom is 0.387 e. The Bertz CT molecular complexity index is 382. The minimum absolute atomic E-state index is 0.0626. The molecule has 0 fully saturated rings. The molecule has 0 aliphatic rings. The lowest BCUT2D eigenvalue weighted by Crippen LogP contribution is -2.06. The van der Waals surface area contributed by atoms with Crippen LogP contribution < -0.4 is 4.74 Å². The van der Waals surface area contributed by atoms with Crippen LogP contribution in [0.3, 0.4) is 0 Å². The van der Waals surface area contributed by atoms with E-state index in [1.165, 1.54) is 19.2 Å². The number of carbonyl (C=O) groups excluding carboxylic acids is 1. The molecule has 16 heavy (non-hydrogen) atoms.